The molecule has 0 saturated heterocycles. The summed E-state index contributed by atoms with van der Waals surface area (Å²) in [7, 11) is 0. The molecule has 0 aromatic heterocycles. The van der Waals surface area contributed by atoms with E-state index >= 15 is 0 Å². The number of hydrogen-bond acceptors (Lipinski definition) is 2. The van der Waals surface area contributed by atoms with Gasteiger partial charge in [-0.05, 0) is 18.2 Å². The number of nitrogens with one attached hydrogen (secondary N) is 1. The normalized spacial score (nSPS) is 14.7. The van der Waals surface area contributed by atoms with Crippen molar-refractivity contribution in [1.82, 2.24) is 5.32 Å². The highest BCUT2D eigenvalue weighted by atomic mass is 16.1. The summed E-state index contributed by atoms with van der Waals surface area (Å²) < 4.78 is 0. The van der Waals surface area contributed by atoms with Gasteiger partial charge < -0.3 is 5.32 Å². The second-order valence-electron chi connectivity index (χ2n) is 3.42. The van der Waals surface area contributed by atoms with Crippen molar-refractivity contribution in [2.75, 3.05) is 0 Å². The fourth-order valence-corrected chi connectivity index (χ4v) is 1.40. The zero-order chi connectivity index (χ0) is 11.9. The molecular weight excluding hydrogens is 212 g/mol. The predicted octanol–water partition coefficient (Wildman–Crippen LogP) is 0.800. The van der Waals surface area contributed by atoms with Gasteiger partial charge in [0.1, 0.15) is 0 Å². The van der Waals surface area contributed by atoms with Gasteiger partial charge in [0, 0.05) is 23.7 Å². The minimum Gasteiger partial charge on any atom is -0.368 e. The molecule has 3 rings (SSSR count). The number of carbonyl (C=O) groups is 1. The number of para-hydroxylation sites is 1. The van der Waals surface area contributed by atoms with E-state index in [1.165, 1.54) is 6.08 Å². The molecule has 1 amide bonds. The van der Waals surface area contributed by atoms with Gasteiger partial charge in [0.25, 0.3) is 5.91 Å². The highest BCUT2D eigenvalue weighted by Gasteiger charge is 1.99. The van der Waals surface area contributed by atoms with E-state index in [1.807, 2.05) is 61.0 Å². The van der Waals surface area contributed by atoms with Crippen molar-refractivity contribution in [2.24, 2.45) is 4.99 Å². The van der Waals surface area contributed by atoms with Crippen molar-refractivity contribution in [3.8, 4) is 0 Å². The third-order valence-electron chi connectivity index (χ3n) is 2.16. The highest BCUT2D eigenvalue weighted by Crippen LogP contribution is 1.82. The van der Waals surface area contributed by atoms with Crippen LogP contribution in [0, 0.1) is 0 Å². The van der Waals surface area contributed by atoms with Gasteiger partial charge in [-0.2, -0.15) is 0 Å². The van der Waals surface area contributed by atoms with E-state index < -0.39 is 0 Å². The minimum absolute atomic E-state index is 0.152. The molecule has 1 N–H and O–H groups in total. The standard InChI is InChI=1S/C8H5NO.C6H7N/c10-8-5-6-3-1-2-4-7(6)9-8;1-2-4-6-7-5-3-1/h1-5H;1-7H. The number of amides is 1. The topological polar surface area (TPSA) is 41.5 Å². The van der Waals surface area contributed by atoms with Crippen LogP contribution in [0.3, 0.4) is 0 Å². The molecular formula is C14H12N2O. The Kier molecular flexibility index (Phi) is 3.65. The molecule has 0 unspecified atom stereocenters. The van der Waals surface area contributed by atoms with Crippen LogP contribution in [-0.4, -0.2) is 5.91 Å². The average Bonchev–Trinajstić information content (AvgIpc) is 2.57. The quantitative estimate of drug-likeness (QED) is 0.708. The maximum atomic E-state index is 10.7. The number of carbonyl (C=O) groups excluding carboxylic acids is 1. The van der Waals surface area contributed by atoms with Crippen LogP contribution in [0.4, 0.5) is 0 Å². The maximum Gasteiger partial charge on any atom is 0.270 e. The van der Waals surface area contributed by atoms with Gasteiger partial charge >= 0.3 is 0 Å². The van der Waals surface area contributed by atoms with Gasteiger partial charge in [-0.25, -0.2) is 4.99 Å². The molecule has 2 aliphatic heterocycles. The molecule has 3 heteroatoms. The van der Waals surface area contributed by atoms with E-state index in [4.69, 9.17) is 0 Å². The van der Waals surface area contributed by atoms with E-state index in [0.29, 0.717) is 0 Å². The van der Waals surface area contributed by atoms with Gasteiger partial charge in [0.2, 0.25) is 0 Å². The first kappa shape index (κ1) is 11.1. The first-order chi connectivity index (χ1) is 8.36. The lowest BCUT2D eigenvalue weighted by Gasteiger charge is -1.79. The van der Waals surface area contributed by atoms with Crippen molar-refractivity contribution in [2.45, 2.75) is 0 Å². The molecule has 0 spiro atoms. The third-order valence-corrected chi connectivity index (χ3v) is 2.16. The molecule has 2 aliphatic rings. The number of benzene rings is 1. The molecule has 0 radical (unpaired) electrons. The molecule has 0 aliphatic carbocycles. The zero-order valence-electron chi connectivity index (χ0n) is 9.21. The van der Waals surface area contributed by atoms with Crippen LogP contribution in [0.2, 0.25) is 0 Å². The predicted molar refractivity (Wildman–Crippen MR) is 67.3 cm³/mol. The first-order valence-electron chi connectivity index (χ1n) is 5.30. The lowest BCUT2D eigenvalue weighted by atomic mass is 10.3. The largest absolute Gasteiger partial charge is 0.368 e. The van der Waals surface area contributed by atoms with Crippen molar-refractivity contribution in [1.29, 1.82) is 0 Å². The first-order valence-corrected chi connectivity index (χ1v) is 5.30. The number of fused-ring (bicyclic) bond motifs is 1. The van der Waals surface area contributed by atoms with Crippen LogP contribution in [-0.2, 0) is 4.79 Å². The molecule has 0 fully saturated rings. The van der Waals surface area contributed by atoms with Crippen LogP contribution in [0.5, 0.6) is 0 Å². The Bertz CT molecular complexity index is 558. The second-order valence-corrected chi connectivity index (χ2v) is 3.42. The van der Waals surface area contributed by atoms with E-state index in [9.17, 15) is 4.79 Å². The summed E-state index contributed by atoms with van der Waals surface area (Å²) in [5.74, 6) is -0.152. The van der Waals surface area contributed by atoms with E-state index in [0.717, 1.165) is 10.6 Å². The summed E-state index contributed by atoms with van der Waals surface area (Å²) in [4.78, 5) is 14.4. The molecule has 84 valence electrons. The number of rotatable bonds is 0. The van der Waals surface area contributed by atoms with Gasteiger partial charge in [-0.15, -0.1) is 0 Å². The van der Waals surface area contributed by atoms with E-state index in [1.54, 1.807) is 0 Å². The summed E-state index contributed by atoms with van der Waals surface area (Å²) in [6, 6.07) is 7.47. The molecule has 3 nitrogen and oxygen atoms in total. The van der Waals surface area contributed by atoms with E-state index in [2.05, 4.69) is 10.3 Å². The molecule has 17 heavy (non-hydrogen) atoms. The summed E-state index contributed by atoms with van der Waals surface area (Å²) in [5.41, 5.74) is 0. The Morgan fingerprint density at radius 1 is 0.941 bits per heavy atom. The number of hydrogen-bond donors (Lipinski definition) is 1. The molecule has 1 aromatic carbocycles. The Balaban J connectivity index is 0.000000136. The lowest BCUT2D eigenvalue weighted by Crippen LogP contribution is -2.19. The maximum absolute atomic E-state index is 10.7. The number of nitrogens with zero attached hydrogens (tertiary/aromatic N) is 1. The fourth-order valence-electron chi connectivity index (χ4n) is 1.40. The van der Waals surface area contributed by atoms with Crippen LogP contribution < -0.4 is 15.9 Å². The second kappa shape index (κ2) is 5.61. The smallest absolute Gasteiger partial charge is 0.270 e. The van der Waals surface area contributed by atoms with Gasteiger partial charge in [-0.3, -0.25) is 4.79 Å². The Hall–Kier alpha value is -2.42. The van der Waals surface area contributed by atoms with E-state index in [-0.39, 0.29) is 5.91 Å². The summed E-state index contributed by atoms with van der Waals surface area (Å²) in [5, 5.41) is 4.63. The van der Waals surface area contributed by atoms with Crippen molar-refractivity contribution < 1.29 is 4.79 Å². The average molecular weight is 224 g/mol. The summed E-state index contributed by atoms with van der Waals surface area (Å²) in [6.07, 6.45) is 13.1. The summed E-state index contributed by atoms with van der Waals surface area (Å²) >= 11 is 0. The highest BCUT2D eigenvalue weighted by molar-refractivity contribution is 6.06. The molecule has 1 aromatic rings. The Morgan fingerprint density at radius 2 is 1.65 bits per heavy atom. The fraction of sp³-hybridized carbons (Fsp3) is 0. The zero-order valence-corrected chi connectivity index (χ0v) is 9.21. The SMILES string of the molecule is C1=CC=CNC=C1.O=C1C=c2ccccc2=N1. The van der Waals surface area contributed by atoms with Crippen LogP contribution in [0.15, 0.2) is 66.0 Å². The van der Waals surface area contributed by atoms with Crippen LogP contribution in [0.25, 0.3) is 6.08 Å². The molecule has 0 saturated carbocycles. The van der Waals surface area contributed by atoms with Crippen molar-refractivity contribution in [3.05, 3.63) is 71.5 Å². The van der Waals surface area contributed by atoms with Gasteiger partial charge in [0.15, 0.2) is 0 Å². The Morgan fingerprint density at radius 3 is 2.35 bits per heavy atom. The lowest BCUT2D eigenvalue weighted by molar-refractivity contribution is -0.112. The monoisotopic (exact) mass is 224 g/mol. The molecule has 0 bridgehead atoms. The van der Waals surface area contributed by atoms with Crippen molar-refractivity contribution in [3.63, 3.8) is 0 Å². The summed E-state index contributed by atoms with van der Waals surface area (Å²) in [6.45, 7) is 0. The number of allylic oxidation sites excluding steroid dienone is 4. The van der Waals surface area contributed by atoms with Crippen molar-refractivity contribution >= 4 is 12.0 Å². The Labute approximate surface area is 99.2 Å². The minimum atomic E-state index is -0.152. The molecule has 0 atom stereocenters. The van der Waals surface area contributed by atoms with Crippen LogP contribution in [0.1, 0.15) is 0 Å². The van der Waals surface area contributed by atoms with Gasteiger partial charge in [0.05, 0.1) is 5.36 Å². The molecule has 2 heterocycles. The van der Waals surface area contributed by atoms with Crippen LogP contribution >= 0.6 is 0 Å². The third kappa shape index (κ3) is 3.28. The van der Waals surface area contributed by atoms with Gasteiger partial charge in [-0.1, -0.05) is 30.4 Å².